The van der Waals surface area contributed by atoms with Crippen molar-refractivity contribution in [1.82, 2.24) is 0 Å². The highest BCUT2D eigenvalue weighted by atomic mass is 19.1. The first-order chi connectivity index (χ1) is 4.61. The van der Waals surface area contributed by atoms with Gasteiger partial charge in [0.25, 0.3) is 0 Å². The molecule has 60 valence electrons. The van der Waals surface area contributed by atoms with Crippen LogP contribution in [0.15, 0.2) is 0 Å². The minimum absolute atomic E-state index is 0.138. The van der Waals surface area contributed by atoms with Gasteiger partial charge in [-0.15, -0.1) is 0 Å². The summed E-state index contributed by atoms with van der Waals surface area (Å²) < 4.78 is 12.7. The molecule has 0 saturated heterocycles. The molecule has 0 aromatic heterocycles. The summed E-state index contributed by atoms with van der Waals surface area (Å²) in [6.45, 7) is 3.82. The highest BCUT2D eigenvalue weighted by Gasteiger charge is 2.31. The number of aliphatic hydroxyl groups is 1. The summed E-state index contributed by atoms with van der Waals surface area (Å²) in [5, 5.41) is 9.40. The van der Waals surface area contributed by atoms with Crippen LogP contribution in [0.5, 0.6) is 0 Å². The average Bonchev–Trinajstić information content (AvgIpc) is 1.82. The molecule has 1 fully saturated rings. The van der Waals surface area contributed by atoms with Crippen molar-refractivity contribution in [3.8, 4) is 0 Å². The Labute approximate surface area is 61.2 Å². The van der Waals surface area contributed by atoms with Crippen LogP contribution in [-0.4, -0.2) is 17.4 Å². The molecule has 1 N–H and O–H groups in total. The number of hydrogen-bond acceptors (Lipinski definition) is 1. The molecule has 1 aliphatic rings. The molecule has 1 aliphatic carbocycles. The summed E-state index contributed by atoms with van der Waals surface area (Å²) in [7, 11) is 0. The van der Waals surface area contributed by atoms with E-state index in [2.05, 4.69) is 0 Å². The van der Waals surface area contributed by atoms with E-state index in [1.807, 2.05) is 13.8 Å². The van der Waals surface area contributed by atoms with E-state index in [0.29, 0.717) is 12.8 Å². The monoisotopic (exact) mass is 146 g/mol. The SMILES string of the molecule is CC1CC(F)CC(C)C1O. The Morgan fingerprint density at radius 1 is 1.20 bits per heavy atom. The fourth-order valence-electron chi connectivity index (χ4n) is 1.74. The summed E-state index contributed by atoms with van der Waals surface area (Å²) in [6.07, 6.45) is 0.0946. The molecule has 1 saturated carbocycles. The lowest BCUT2D eigenvalue weighted by atomic mass is 9.80. The lowest BCUT2D eigenvalue weighted by molar-refractivity contribution is 0.00225. The number of hydrogen-bond donors (Lipinski definition) is 1. The lowest BCUT2D eigenvalue weighted by Crippen LogP contribution is -2.34. The van der Waals surface area contributed by atoms with Crippen LogP contribution in [0.3, 0.4) is 0 Å². The molecule has 10 heavy (non-hydrogen) atoms. The van der Waals surface area contributed by atoms with Crippen molar-refractivity contribution < 1.29 is 9.50 Å². The van der Waals surface area contributed by atoms with E-state index in [-0.39, 0.29) is 17.9 Å². The van der Waals surface area contributed by atoms with Gasteiger partial charge in [-0.1, -0.05) is 13.8 Å². The van der Waals surface area contributed by atoms with Gasteiger partial charge in [0.05, 0.1) is 6.10 Å². The Bertz CT molecular complexity index is 104. The summed E-state index contributed by atoms with van der Waals surface area (Å²) >= 11 is 0. The minimum atomic E-state index is -0.687. The fourth-order valence-corrected chi connectivity index (χ4v) is 1.74. The summed E-state index contributed by atoms with van der Waals surface area (Å²) in [5.74, 6) is 0.275. The Morgan fingerprint density at radius 3 is 2.00 bits per heavy atom. The van der Waals surface area contributed by atoms with Crippen molar-refractivity contribution in [3.05, 3.63) is 0 Å². The Balaban J connectivity index is 2.49. The molecule has 0 bridgehead atoms. The Kier molecular flexibility index (Phi) is 2.29. The van der Waals surface area contributed by atoms with E-state index >= 15 is 0 Å². The maximum atomic E-state index is 12.7. The predicted molar refractivity (Wildman–Crippen MR) is 38.5 cm³/mol. The van der Waals surface area contributed by atoms with Gasteiger partial charge in [0.1, 0.15) is 6.17 Å². The third-order valence-electron chi connectivity index (χ3n) is 2.42. The second-order valence-electron chi connectivity index (χ2n) is 3.51. The Hall–Kier alpha value is -0.110. The molecule has 0 aromatic carbocycles. The van der Waals surface area contributed by atoms with E-state index in [1.165, 1.54) is 0 Å². The zero-order valence-corrected chi connectivity index (χ0v) is 6.55. The van der Waals surface area contributed by atoms with Crippen molar-refractivity contribution in [2.24, 2.45) is 11.8 Å². The van der Waals surface area contributed by atoms with Gasteiger partial charge < -0.3 is 5.11 Å². The molecule has 0 radical (unpaired) electrons. The third kappa shape index (κ3) is 1.48. The van der Waals surface area contributed by atoms with Gasteiger partial charge in [-0.25, -0.2) is 4.39 Å². The molecule has 0 heterocycles. The van der Waals surface area contributed by atoms with E-state index in [9.17, 15) is 9.50 Å². The van der Waals surface area contributed by atoms with Crippen LogP contribution < -0.4 is 0 Å². The van der Waals surface area contributed by atoms with Crippen LogP contribution in [0.25, 0.3) is 0 Å². The van der Waals surface area contributed by atoms with E-state index in [4.69, 9.17) is 0 Å². The van der Waals surface area contributed by atoms with Crippen LogP contribution in [0.4, 0.5) is 4.39 Å². The normalized spacial score (nSPS) is 49.2. The highest BCUT2D eigenvalue weighted by molar-refractivity contribution is 4.81. The minimum Gasteiger partial charge on any atom is -0.393 e. The van der Waals surface area contributed by atoms with Gasteiger partial charge in [-0.2, -0.15) is 0 Å². The van der Waals surface area contributed by atoms with E-state index < -0.39 is 6.17 Å². The topological polar surface area (TPSA) is 20.2 Å². The number of halogens is 1. The quantitative estimate of drug-likeness (QED) is 0.552. The third-order valence-corrected chi connectivity index (χ3v) is 2.42. The van der Waals surface area contributed by atoms with Crippen molar-refractivity contribution in [3.63, 3.8) is 0 Å². The summed E-state index contributed by atoms with van der Waals surface area (Å²) in [6, 6.07) is 0. The first-order valence-corrected chi connectivity index (χ1v) is 3.93. The molecule has 0 spiro atoms. The van der Waals surface area contributed by atoms with Gasteiger partial charge in [-0.05, 0) is 24.7 Å². The van der Waals surface area contributed by atoms with Gasteiger partial charge in [0, 0.05) is 0 Å². The molecule has 1 rings (SSSR count). The average molecular weight is 146 g/mol. The van der Waals surface area contributed by atoms with Crippen molar-refractivity contribution in [2.45, 2.75) is 39.0 Å². The van der Waals surface area contributed by atoms with Crippen LogP contribution in [0.2, 0.25) is 0 Å². The number of rotatable bonds is 0. The van der Waals surface area contributed by atoms with Crippen molar-refractivity contribution >= 4 is 0 Å². The standard InChI is InChI=1S/C8H15FO/c1-5-3-7(9)4-6(2)8(5)10/h5-8,10H,3-4H2,1-2H3. The molecule has 0 aliphatic heterocycles. The van der Waals surface area contributed by atoms with Crippen LogP contribution >= 0.6 is 0 Å². The zero-order chi connectivity index (χ0) is 7.72. The molecule has 1 nitrogen and oxygen atoms in total. The van der Waals surface area contributed by atoms with E-state index in [0.717, 1.165) is 0 Å². The highest BCUT2D eigenvalue weighted by Crippen LogP contribution is 2.30. The molecule has 2 atom stereocenters. The van der Waals surface area contributed by atoms with Gasteiger partial charge in [0.15, 0.2) is 0 Å². The molecule has 0 aromatic rings. The smallest absolute Gasteiger partial charge is 0.101 e. The van der Waals surface area contributed by atoms with Crippen molar-refractivity contribution in [2.75, 3.05) is 0 Å². The molecule has 0 amide bonds. The Morgan fingerprint density at radius 2 is 1.60 bits per heavy atom. The van der Waals surface area contributed by atoms with Crippen LogP contribution in [-0.2, 0) is 0 Å². The second-order valence-corrected chi connectivity index (χ2v) is 3.51. The fraction of sp³-hybridized carbons (Fsp3) is 1.00. The largest absolute Gasteiger partial charge is 0.393 e. The molecule has 2 unspecified atom stereocenters. The van der Waals surface area contributed by atoms with Gasteiger partial charge in [-0.3, -0.25) is 0 Å². The number of alkyl halides is 1. The zero-order valence-electron chi connectivity index (χ0n) is 6.55. The maximum Gasteiger partial charge on any atom is 0.101 e. The van der Waals surface area contributed by atoms with E-state index in [1.54, 1.807) is 0 Å². The predicted octanol–water partition coefficient (Wildman–Crippen LogP) is 1.75. The second kappa shape index (κ2) is 2.87. The first-order valence-electron chi connectivity index (χ1n) is 3.93. The maximum absolute atomic E-state index is 12.7. The van der Waals surface area contributed by atoms with Gasteiger partial charge >= 0.3 is 0 Å². The summed E-state index contributed by atoms with van der Waals surface area (Å²) in [4.78, 5) is 0. The number of aliphatic hydroxyl groups excluding tert-OH is 1. The van der Waals surface area contributed by atoms with Crippen LogP contribution in [0.1, 0.15) is 26.7 Å². The van der Waals surface area contributed by atoms with Gasteiger partial charge in [0.2, 0.25) is 0 Å². The van der Waals surface area contributed by atoms with Crippen molar-refractivity contribution in [1.29, 1.82) is 0 Å². The van der Waals surface area contributed by atoms with Crippen LogP contribution in [0, 0.1) is 11.8 Å². The first kappa shape index (κ1) is 7.99. The molecule has 2 heteroatoms. The molecular weight excluding hydrogens is 131 g/mol. The summed E-state index contributed by atoms with van der Waals surface area (Å²) in [5.41, 5.74) is 0. The lowest BCUT2D eigenvalue weighted by Gasteiger charge is -2.32. The molecular formula is C8H15FO.